The Balaban J connectivity index is 1.95. The second kappa shape index (κ2) is 4.57. The lowest BCUT2D eigenvalue weighted by Crippen LogP contribution is -2.30. The van der Waals surface area contributed by atoms with Crippen LogP contribution in [0.1, 0.15) is 30.7 Å². The predicted octanol–water partition coefficient (Wildman–Crippen LogP) is 1.20. The van der Waals surface area contributed by atoms with Crippen LogP contribution in [0.2, 0.25) is 0 Å². The summed E-state index contributed by atoms with van der Waals surface area (Å²) in [7, 11) is 0. The zero-order chi connectivity index (χ0) is 13.4. The number of fused-ring (bicyclic) bond motifs is 1. The molecular formula is C14H17N3O2. The molecule has 2 heterocycles. The van der Waals surface area contributed by atoms with Crippen LogP contribution in [0.5, 0.6) is 0 Å². The Bertz CT molecular complexity index is 535. The number of nitrogens with two attached hydrogens (primary N) is 1. The van der Waals surface area contributed by atoms with Gasteiger partial charge in [0.15, 0.2) is 0 Å². The second-order valence-corrected chi connectivity index (χ2v) is 5.14. The molecule has 1 aromatic carbocycles. The van der Waals surface area contributed by atoms with Gasteiger partial charge in [-0.25, -0.2) is 0 Å². The van der Waals surface area contributed by atoms with E-state index in [1.807, 2.05) is 18.2 Å². The molecule has 1 aromatic rings. The van der Waals surface area contributed by atoms with Crippen molar-refractivity contribution in [1.82, 2.24) is 0 Å². The third-order valence-electron chi connectivity index (χ3n) is 3.87. The summed E-state index contributed by atoms with van der Waals surface area (Å²) in [5.74, 6) is -1.76. The number of nitrogens with zero attached hydrogens (tertiary/aromatic N) is 1. The molecular weight excluding hydrogens is 242 g/mol. The molecule has 19 heavy (non-hydrogen) atoms. The summed E-state index contributed by atoms with van der Waals surface area (Å²) in [4.78, 5) is 25.4. The molecule has 3 N–H and O–H groups in total. The molecule has 2 aliphatic rings. The van der Waals surface area contributed by atoms with Crippen molar-refractivity contribution in [2.75, 3.05) is 23.3 Å². The van der Waals surface area contributed by atoms with Gasteiger partial charge in [-0.1, -0.05) is 0 Å². The highest BCUT2D eigenvalue weighted by Gasteiger charge is 2.35. The van der Waals surface area contributed by atoms with Crippen molar-refractivity contribution in [2.24, 2.45) is 5.73 Å². The summed E-state index contributed by atoms with van der Waals surface area (Å²) >= 11 is 0. The number of carbonyl (C=O) groups excluding carboxylic acids is 2. The van der Waals surface area contributed by atoms with Crippen LogP contribution in [0.25, 0.3) is 0 Å². The van der Waals surface area contributed by atoms with Gasteiger partial charge in [0, 0.05) is 24.5 Å². The van der Waals surface area contributed by atoms with Crippen molar-refractivity contribution < 1.29 is 9.59 Å². The fraction of sp³-hybridized carbons (Fsp3) is 0.429. The van der Waals surface area contributed by atoms with Crippen LogP contribution >= 0.6 is 0 Å². The van der Waals surface area contributed by atoms with Gasteiger partial charge in [-0.05, 0) is 43.0 Å². The number of anilines is 2. The van der Waals surface area contributed by atoms with Gasteiger partial charge in [0.05, 0.1) is 0 Å². The molecule has 100 valence electrons. The number of amides is 2. The maximum Gasteiger partial charge on any atom is 0.241 e. The molecule has 0 aromatic heterocycles. The number of piperidine rings is 1. The topological polar surface area (TPSA) is 75.4 Å². The van der Waals surface area contributed by atoms with Crippen molar-refractivity contribution in [3.05, 3.63) is 23.8 Å². The van der Waals surface area contributed by atoms with Crippen molar-refractivity contribution in [3.8, 4) is 0 Å². The van der Waals surface area contributed by atoms with Gasteiger partial charge < -0.3 is 16.0 Å². The Morgan fingerprint density at radius 1 is 1.26 bits per heavy atom. The van der Waals surface area contributed by atoms with E-state index in [1.54, 1.807) is 0 Å². The number of benzene rings is 1. The minimum atomic E-state index is -0.847. The Kier molecular flexibility index (Phi) is 2.89. The summed E-state index contributed by atoms with van der Waals surface area (Å²) < 4.78 is 0. The lowest BCUT2D eigenvalue weighted by atomic mass is 9.99. The molecule has 0 saturated carbocycles. The number of nitrogens with one attached hydrogen (secondary N) is 1. The molecule has 0 radical (unpaired) electrons. The van der Waals surface area contributed by atoms with Gasteiger partial charge in [-0.2, -0.15) is 0 Å². The number of hydrogen-bond donors (Lipinski definition) is 2. The number of primary amides is 1. The van der Waals surface area contributed by atoms with Crippen molar-refractivity contribution in [1.29, 1.82) is 0 Å². The smallest absolute Gasteiger partial charge is 0.241 e. The highest BCUT2D eigenvalue weighted by Crippen LogP contribution is 2.35. The summed E-state index contributed by atoms with van der Waals surface area (Å²) in [5.41, 5.74) is 7.80. The Labute approximate surface area is 111 Å². The molecule has 0 spiro atoms. The SMILES string of the molecule is NC(=O)C1C(=O)Nc2ccc(N3CCCCC3)cc21. The van der Waals surface area contributed by atoms with E-state index < -0.39 is 11.8 Å². The van der Waals surface area contributed by atoms with Gasteiger partial charge in [-0.15, -0.1) is 0 Å². The van der Waals surface area contributed by atoms with E-state index in [-0.39, 0.29) is 5.91 Å². The fourth-order valence-corrected chi connectivity index (χ4v) is 2.88. The van der Waals surface area contributed by atoms with Crippen LogP contribution < -0.4 is 16.0 Å². The summed E-state index contributed by atoms with van der Waals surface area (Å²) in [6.45, 7) is 2.06. The first kappa shape index (κ1) is 12.0. The molecule has 1 atom stereocenters. The van der Waals surface area contributed by atoms with E-state index in [2.05, 4.69) is 10.2 Å². The lowest BCUT2D eigenvalue weighted by Gasteiger charge is -2.29. The van der Waals surface area contributed by atoms with E-state index in [0.717, 1.165) is 18.8 Å². The average molecular weight is 259 g/mol. The number of hydrogen-bond acceptors (Lipinski definition) is 3. The van der Waals surface area contributed by atoms with E-state index in [9.17, 15) is 9.59 Å². The van der Waals surface area contributed by atoms with Crippen LogP contribution in [0, 0.1) is 0 Å². The Hall–Kier alpha value is -2.04. The highest BCUT2D eigenvalue weighted by atomic mass is 16.2. The molecule has 2 amide bonds. The molecule has 0 aliphatic carbocycles. The van der Waals surface area contributed by atoms with Gasteiger partial charge in [0.2, 0.25) is 11.8 Å². The van der Waals surface area contributed by atoms with Gasteiger partial charge >= 0.3 is 0 Å². The van der Waals surface area contributed by atoms with E-state index in [1.165, 1.54) is 19.3 Å². The second-order valence-electron chi connectivity index (χ2n) is 5.14. The predicted molar refractivity (Wildman–Crippen MR) is 73.1 cm³/mol. The van der Waals surface area contributed by atoms with Gasteiger partial charge in [0.1, 0.15) is 5.92 Å². The van der Waals surface area contributed by atoms with E-state index in [0.29, 0.717) is 11.3 Å². The molecule has 1 saturated heterocycles. The third-order valence-corrected chi connectivity index (χ3v) is 3.87. The summed E-state index contributed by atoms with van der Waals surface area (Å²) in [6, 6.07) is 5.78. The molecule has 5 heteroatoms. The number of rotatable bonds is 2. The minimum absolute atomic E-state index is 0.321. The first-order chi connectivity index (χ1) is 9.16. The van der Waals surface area contributed by atoms with Crippen LogP contribution in [-0.4, -0.2) is 24.9 Å². The standard InChI is InChI=1S/C14H17N3O2/c15-13(18)12-10-8-9(17-6-2-1-3-7-17)4-5-11(10)16-14(12)19/h4-5,8,12H,1-3,6-7H2,(H2,15,18)(H,16,19). The molecule has 2 aliphatic heterocycles. The third kappa shape index (κ3) is 2.05. The van der Waals surface area contributed by atoms with Crippen LogP contribution in [0.4, 0.5) is 11.4 Å². The van der Waals surface area contributed by atoms with Gasteiger partial charge in [0.25, 0.3) is 0 Å². The number of carbonyl (C=O) groups is 2. The molecule has 1 unspecified atom stereocenters. The average Bonchev–Trinajstić information content (AvgIpc) is 2.74. The zero-order valence-corrected chi connectivity index (χ0v) is 10.7. The molecule has 3 rings (SSSR count). The normalized spacial score (nSPS) is 22.0. The first-order valence-electron chi connectivity index (χ1n) is 6.66. The zero-order valence-electron chi connectivity index (χ0n) is 10.7. The fourth-order valence-electron chi connectivity index (χ4n) is 2.88. The minimum Gasteiger partial charge on any atom is -0.372 e. The van der Waals surface area contributed by atoms with Crippen LogP contribution in [-0.2, 0) is 9.59 Å². The van der Waals surface area contributed by atoms with Crippen LogP contribution in [0.15, 0.2) is 18.2 Å². The molecule has 1 fully saturated rings. The lowest BCUT2D eigenvalue weighted by molar-refractivity contribution is -0.126. The maximum absolute atomic E-state index is 11.7. The first-order valence-corrected chi connectivity index (χ1v) is 6.66. The van der Waals surface area contributed by atoms with Crippen molar-refractivity contribution in [2.45, 2.75) is 25.2 Å². The van der Waals surface area contributed by atoms with Crippen molar-refractivity contribution in [3.63, 3.8) is 0 Å². The van der Waals surface area contributed by atoms with E-state index in [4.69, 9.17) is 5.73 Å². The molecule has 5 nitrogen and oxygen atoms in total. The summed E-state index contributed by atoms with van der Waals surface area (Å²) in [5, 5.41) is 2.70. The molecule has 0 bridgehead atoms. The van der Waals surface area contributed by atoms with Crippen molar-refractivity contribution >= 4 is 23.2 Å². The Morgan fingerprint density at radius 2 is 2.00 bits per heavy atom. The Morgan fingerprint density at radius 3 is 2.68 bits per heavy atom. The monoisotopic (exact) mass is 259 g/mol. The van der Waals surface area contributed by atoms with Gasteiger partial charge in [-0.3, -0.25) is 9.59 Å². The van der Waals surface area contributed by atoms with Crippen LogP contribution in [0.3, 0.4) is 0 Å². The summed E-state index contributed by atoms with van der Waals surface area (Å²) in [6.07, 6.45) is 3.65. The quantitative estimate of drug-likeness (QED) is 0.783. The largest absolute Gasteiger partial charge is 0.372 e. The highest BCUT2D eigenvalue weighted by molar-refractivity contribution is 6.16. The van der Waals surface area contributed by atoms with E-state index >= 15 is 0 Å². The maximum atomic E-state index is 11.7.